The molecular formula is C26H29N9O2S. The van der Waals surface area contributed by atoms with Gasteiger partial charge in [-0.1, -0.05) is 6.07 Å². The van der Waals surface area contributed by atoms with Crippen LogP contribution in [0.5, 0.6) is 0 Å². The van der Waals surface area contributed by atoms with Gasteiger partial charge in [0.15, 0.2) is 11.3 Å². The van der Waals surface area contributed by atoms with Gasteiger partial charge >= 0.3 is 0 Å². The van der Waals surface area contributed by atoms with Crippen molar-refractivity contribution in [1.29, 1.82) is 0 Å². The van der Waals surface area contributed by atoms with E-state index in [2.05, 4.69) is 25.2 Å². The van der Waals surface area contributed by atoms with Gasteiger partial charge in [-0.15, -0.1) is 21.5 Å². The van der Waals surface area contributed by atoms with Gasteiger partial charge < -0.3 is 14.7 Å². The second-order valence-electron chi connectivity index (χ2n) is 9.79. The summed E-state index contributed by atoms with van der Waals surface area (Å²) in [5.74, 6) is 1.04. The molecule has 38 heavy (non-hydrogen) atoms. The Labute approximate surface area is 224 Å². The quantitative estimate of drug-likeness (QED) is 0.395. The monoisotopic (exact) mass is 531 g/mol. The highest BCUT2D eigenvalue weighted by Gasteiger charge is 2.30. The molecule has 11 nitrogen and oxygen atoms in total. The van der Waals surface area contributed by atoms with Gasteiger partial charge in [-0.2, -0.15) is 5.10 Å². The van der Waals surface area contributed by atoms with Gasteiger partial charge in [-0.25, -0.2) is 14.5 Å². The fourth-order valence-electron chi connectivity index (χ4n) is 5.17. The molecule has 2 amide bonds. The maximum absolute atomic E-state index is 13.2. The molecule has 0 aliphatic carbocycles. The Kier molecular flexibility index (Phi) is 6.48. The number of rotatable bonds is 4. The van der Waals surface area contributed by atoms with E-state index in [1.165, 1.54) is 0 Å². The molecular weight excluding hydrogens is 502 g/mol. The summed E-state index contributed by atoms with van der Waals surface area (Å²) in [6, 6.07) is 7.72. The van der Waals surface area contributed by atoms with Crippen molar-refractivity contribution in [2.45, 2.75) is 32.6 Å². The van der Waals surface area contributed by atoms with E-state index in [1.54, 1.807) is 22.0 Å². The van der Waals surface area contributed by atoms with E-state index in [0.29, 0.717) is 48.9 Å². The lowest BCUT2D eigenvalue weighted by molar-refractivity contribution is 0.0703. The first-order valence-corrected chi connectivity index (χ1v) is 13.8. The van der Waals surface area contributed by atoms with E-state index in [9.17, 15) is 9.59 Å². The van der Waals surface area contributed by atoms with E-state index in [-0.39, 0.29) is 17.7 Å². The van der Waals surface area contributed by atoms with Crippen LogP contribution in [0, 0.1) is 13.8 Å². The average molecular weight is 532 g/mol. The fraction of sp³-hybridized carbons (Fsp3) is 0.423. The average Bonchev–Trinajstić information content (AvgIpc) is 3.60. The molecule has 2 aliphatic heterocycles. The molecule has 0 atom stereocenters. The van der Waals surface area contributed by atoms with Gasteiger partial charge in [0.05, 0.1) is 16.4 Å². The molecule has 0 spiro atoms. The summed E-state index contributed by atoms with van der Waals surface area (Å²) in [7, 11) is 0. The zero-order valence-corrected chi connectivity index (χ0v) is 22.3. The van der Waals surface area contributed by atoms with Gasteiger partial charge in [-0.05, 0) is 38.8 Å². The first-order valence-electron chi connectivity index (χ1n) is 12.9. The SMILES string of the molecule is Cc1cc2nnc(C(=O)N3CCC(c4nc(C(=O)N5CCN(c6ccccn6)CC5)cs4)CC3)c(C)n2n1. The number of carbonyl (C=O) groups is 2. The molecule has 0 radical (unpaired) electrons. The third-order valence-electron chi connectivity index (χ3n) is 7.34. The predicted molar refractivity (Wildman–Crippen MR) is 143 cm³/mol. The minimum absolute atomic E-state index is 0.0147. The van der Waals surface area contributed by atoms with Crippen molar-refractivity contribution < 1.29 is 9.59 Å². The lowest BCUT2D eigenvalue weighted by atomic mass is 9.97. The van der Waals surface area contributed by atoms with E-state index in [4.69, 9.17) is 4.98 Å². The second-order valence-corrected chi connectivity index (χ2v) is 10.7. The molecule has 6 heterocycles. The first kappa shape index (κ1) is 24.4. The van der Waals surface area contributed by atoms with E-state index >= 15 is 0 Å². The van der Waals surface area contributed by atoms with Gasteiger partial charge in [0.25, 0.3) is 11.8 Å². The number of aromatic nitrogens is 6. The Morgan fingerprint density at radius 2 is 1.71 bits per heavy atom. The number of anilines is 1. The number of hydrogen-bond donors (Lipinski definition) is 0. The van der Waals surface area contributed by atoms with Gasteiger partial charge in [-0.3, -0.25) is 9.59 Å². The third-order valence-corrected chi connectivity index (χ3v) is 8.35. The van der Waals surface area contributed by atoms with Crippen LogP contribution in [0.4, 0.5) is 5.82 Å². The van der Waals surface area contributed by atoms with Crippen molar-refractivity contribution in [3.63, 3.8) is 0 Å². The molecule has 0 N–H and O–H groups in total. The van der Waals surface area contributed by atoms with Crippen LogP contribution in [0.1, 0.15) is 56.1 Å². The molecule has 2 fully saturated rings. The fourth-order valence-corrected chi connectivity index (χ4v) is 6.13. The molecule has 0 saturated carbocycles. The Bertz CT molecular complexity index is 1470. The van der Waals surface area contributed by atoms with Crippen LogP contribution in [0.3, 0.4) is 0 Å². The summed E-state index contributed by atoms with van der Waals surface area (Å²) in [5, 5.41) is 15.6. The zero-order valence-electron chi connectivity index (χ0n) is 21.4. The van der Waals surface area contributed by atoms with Crippen molar-refractivity contribution in [2.24, 2.45) is 0 Å². The number of carbonyl (C=O) groups excluding carboxylic acids is 2. The predicted octanol–water partition coefficient (Wildman–Crippen LogP) is 2.57. The number of nitrogens with zero attached hydrogens (tertiary/aromatic N) is 9. The number of thiazole rings is 1. The summed E-state index contributed by atoms with van der Waals surface area (Å²) >= 11 is 1.54. The normalized spacial score (nSPS) is 16.8. The first-order chi connectivity index (χ1) is 18.5. The minimum Gasteiger partial charge on any atom is -0.353 e. The van der Waals surface area contributed by atoms with Crippen LogP contribution in [0.25, 0.3) is 5.65 Å². The highest BCUT2D eigenvalue weighted by Crippen LogP contribution is 2.31. The lowest BCUT2D eigenvalue weighted by Gasteiger charge is -2.35. The number of fused-ring (bicyclic) bond motifs is 1. The molecule has 2 saturated heterocycles. The van der Waals surface area contributed by atoms with Crippen LogP contribution in [0.2, 0.25) is 0 Å². The largest absolute Gasteiger partial charge is 0.353 e. The number of likely N-dealkylation sites (tertiary alicyclic amines) is 1. The smallest absolute Gasteiger partial charge is 0.276 e. The van der Waals surface area contributed by atoms with Crippen molar-refractivity contribution >= 4 is 34.6 Å². The van der Waals surface area contributed by atoms with Gasteiger partial charge in [0.2, 0.25) is 0 Å². The lowest BCUT2D eigenvalue weighted by Crippen LogP contribution is -2.49. The van der Waals surface area contributed by atoms with Gasteiger partial charge in [0.1, 0.15) is 11.5 Å². The summed E-state index contributed by atoms with van der Waals surface area (Å²) in [6.07, 6.45) is 3.39. The van der Waals surface area contributed by atoms with Crippen LogP contribution in [-0.2, 0) is 0 Å². The molecule has 4 aromatic heterocycles. The zero-order chi connectivity index (χ0) is 26.2. The molecule has 2 aliphatic rings. The van der Waals surface area contributed by atoms with Crippen LogP contribution >= 0.6 is 11.3 Å². The van der Waals surface area contributed by atoms with E-state index in [1.807, 2.05) is 53.3 Å². The number of piperidine rings is 1. The molecule has 4 aromatic rings. The van der Waals surface area contributed by atoms with Gasteiger partial charge in [0, 0.05) is 62.8 Å². The maximum Gasteiger partial charge on any atom is 0.276 e. The second kappa shape index (κ2) is 10.1. The summed E-state index contributed by atoms with van der Waals surface area (Å²) in [5.41, 5.74) is 3.02. The summed E-state index contributed by atoms with van der Waals surface area (Å²) in [6.45, 7) is 7.76. The molecule has 0 unspecified atom stereocenters. The molecule has 12 heteroatoms. The number of piperazine rings is 1. The summed E-state index contributed by atoms with van der Waals surface area (Å²) in [4.78, 5) is 41.4. The molecule has 6 rings (SSSR count). The Morgan fingerprint density at radius 3 is 2.45 bits per heavy atom. The number of aryl methyl sites for hydroxylation is 2. The molecule has 196 valence electrons. The van der Waals surface area contributed by atoms with Crippen molar-refractivity contribution in [3.05, 3.63) is 63.6 Å². The minimum atomic E-state index is -0.122. The van der Waals surface area contributed by atoms with E-state index in [0.717, 1.165) is 42.5 Å². The highest BCUT2D eigenvalue weighted by molar-refractivity contribution is 7.09. The van der Waals surface area contributed by atoms with Crippen LogP contribution < -0.4 is 4.90 Å². The number of pyridine rings is 1. The standard InChI is InChI=1S/C26H29N9O2S/c1-17-15-22-29-30-23(18(2)35(22)31-17)26(37)33-9-6-19(7-10-33)24-28-20(16-38-24)25(36)34-13-11-32(12-14-34)21-5-3-4-8-27-21/h3-5,8,15-16,19H,6-7,9-14H2,1-2H3. The Balaban J connectivity index is 1.05. The summed E-state index contributed by atoms with van der Waals surface area (Å²) < 4.78 is 1.68. The van der Waals surface area contributed by atoms with E-state index < -0.39 is 0 Å². The van der Waals surface area contributed by atoms with Crippen LogP contribution in [-0.4, -0.2) is 90.7 Å². The Morgan fingerprint density at radius 1 is 0.947 bits per heavy atom. The van der Waals surface area contributed by atoms with Crippen molar-refractivity contribution in [3.8, 4) is 0 Å². The maximum atomic E-state index is 13.2. The molecule has 0 bridgehead atoms. The topological polar surface area (TPSA) is 113 Å². The third kappa shape index (κ3) is 4.60. The van der Waals surface area contributed by atoms with Crippen molar-refractivity contribution in [1.82, 2.24) is 39.6 Å². The van der Waals surface area contributed by atoms with Crippen molar-refractivity contribution in [2.75, 3.05) is 44.2 Å². The highest BCUT2D eigenvalue weighted by atomic mass is 32.1. The number of amides is 2. The Hall–Kier alpha value is -3.93. The van der Waals surface area contributed by atoms with Crippen LogP contribution in [0.15, 0.2) is 35.8 Å². The molecule has 0 aromatic carbocycles. The number of hydrogen-bond acceptors (Lipinski definition) is 9.